The van der Waals surface area contributed by atoms with Crippen molar-refractivity contribution in [3.63, 3.8) is 0 Å². The fourth-order valence-electron chi connectivity index (χ4n) is 2.86. The van der Waals surface area contributed by atoms with Gasteiger partial charge in [0.05, 0.1) is 30.4 Å². The van der Waals surface area contributed by atoms with Gasteiger partial charge in [-0.25, -0.2) is 4.39 Å². The lowest BCUT2D eigenvalue weighted by molar-refractivity contribution is -0.385. The lowest BCUT2D eigenvalue weighted by Gasteiger charge is -2.11. The highest BCUT2D eigenvalue weighted by molar-refractivity contribution is 5.94. The maximum atomic E-state index is 14.5. The highest BCUT2D eigenvalue weighted by atomic mass is 19.1. The number of halogens is 1. The molecule has 0 unspecified atom stereocenters. The van der Waals surface area contributed by atoms with E-state index in [0.717, 1.165) is 18.2 Å². The Morgan fingerprint density at radius 3 is 2.53 bits per heavy atom. The number of carbonyl (C=O) groups excluding carboxylic acids is 1. The second kappa shape index (κ2) is 9.88. The smallest absolute Gasteiger partial charge is 0.272 e. The molecule has 1 N–H and O–H groups in total. The van der Waals surface area contributed by atoms with E-state index >= 15 is 0 Å². The molecule has 1 heterocycles. The molecule has 2 aromatic carbocycles. The summed E-state index contributed by atoms with van der Waals surface area (Å²) >= 11 is 0. The first kappa shape index (κ1) is 22.7. The molecule has 3 rings (SSSR count). The number of hydrogen-bond donors (Lipinski definition) is 1. The van der Waals surface area contributed by atoms with Gasteiger partial charge in [-0.1, -0.05) is 0 Å². The zero-order valence-corrected chi connectivity index (χ0v) is 17.6. The number of nitro groups is 1. The third-order valence-corrected chi connectivity index (χ3v) is 4.53. The van der Waals surface area contributed by atoms with Crippen LogP contribution in [0, 0.1) is 22.9 Å². The molecule has 0 saturated carbocycles. The summed E-state index contributed by atoms with van der Waals surface area (Å²) in [6, 6.07) is 9.81. The van der Waals surface area contributed by atoms with E-state index in [9.17, 15) is 19.3 Å². The first-order valence-electron chi connectivity index (χ1n) is 9.48. The van der Waals surface area contributed by atoms with Crippen molar-refractivity contribution in [2.75, 3.05) is 27.4 Å². The summed E-state index contributed by atoms with van der Waals surface area (Å²) in [5.74, 6) is -0.938. The van der Waals surface area contributed by atoms with Gasteiger partial charge >= 0.3 is 0 Å². The van der Waals surface area contributed by atoms with Crippen LogP contribution in [0.3, 0.4) is 0 Å². The van der Waals surface area contributed by atoms with Crippen molar-refractivity contribution >= 4 is 11.6 Å². The minimum atomic E-state index is -0.924. The van der Waals surface area contributed by atoms with E-state index in [1.165, 1.54) is 18.9 Å². The van der Waals surface area contributed by atoms with E-state index in [2.05, 4.69) is 10.4 Å². The second-order valence-electron chi connectivity index (χ2n) is 6.61. The van der Waals surface area contributed by atoms with Crippen LogP contribution >= 0.6 is 0 Å². The topological polar surface area (TPSA) is 118 Å². The van der Waals surface area contributed by atoms with Gasteiger partial charge in [-0.05, 0) is 37.3 Å². The molecule has 10 nitrogen and oxygen atoms in total. The Morgan fingerprint density at radius 1 is 1.22 bits per heavy atom. The number of non-ortho nitro benzene ring substituents is 1. The lowest BCUT2D eigenvalue weighted by Crippen LogP contribution is -2.27. The molecule has 0 fully saturated rings. The SMILES string of the molecule is COCCNC(=O)c1nn(-c2ccc(OC)cc2)c(Oc2ccc([N+](=O)[O-])cc2F)c1C. The molecule has 0 radical (unpaired) electrons. The Hall–Kier alpha value is -3.99. The van der Waals surface area contributed by atoms with Crippen LogP contribution in [-0.4, -0.2) is 48.0 Å². The van der Waals surface area contributed by atoms with E-state index in [-0.39, 0.29) is 23.9 Å². The molecule has 0 aliphatic carbocycles. The summed E-state index contributed by atoms with van der Waals surface area (Å²) < 4.78 is 31.6. The maximum absolute atomic E-state index is 14.5. The van der Waals surface area contributed by atoms with Crippen molar-refractivity contribution in [3.05, 3.63) is 69.7 Å². The highest BCUT2D eigenvalue weighted by Gasteiger charge is 2.24. The quantitative estimate of drug-likeness (QED) is 0.305. The lowest BCUT2D eigenvalue weighted by atomic mass is 10.2. The van der Waals surface area contributed by atoms with E-state index < -0.39 is 22.3 Å². The number of aromatic nitrogens is 2. The summed E-state index contributed by atoms with van der Waals surface area (Å²) in [6.45, 7) is 2.20. The summed E-state index contributed by atoms with van der Waals surface area (Å²) in [4.78, 5) is 22.8. The number of hydrogen-bond acceptors (Lipinski definition) is 7. The number of amides is 1. The third-order valence-electron chi connectivity index (χ3n) is 4.53. The third kappa shape index (κ3) is 4.83. The number of benzene rings is 2. The van der Waals surface area contributed by atoms with E-state index in [4.69, 9.17) is 14.2 Å². The van der Waals surface area contributed by atoms with Crippen LogP contribution in [0.25, 0.3) is 5.69 Å². The molecule has 3 aromatic rings. The van der Waals surface area contributed by atoms with Crippen LogP contribution in [0.1, 0.15) is 16.1 Å². The summed E-state index contributed by atoms with van der Waals surface area (Å²) in [7, 11) is 3.04. The molecule has 0 bridgehead atoms. The Balaban J connectivity index is 2.03. The van der Waals surface area contributed by atoms with Crippen LogP contribution in [0.15, 0.2) is 42.5 Å². The minimum Gasteiger partial charge on any atom is -0.497 e. The van der Waals surface area contributed by atoms with Crippen molar-refractivity contribution in [1.29, 1.82) is 0 Å². The number of nitrogens with one attached hydrogen (secondary N) is 1. The van der Waals surface area contributed by atoms with Crippen molar-refractivity contribution in [2.45, 2.75) is 6.92 Å². The van der Waals surface area contributed by atoms with Gasteiger partial charge in [0.1, 0.15) is 5.75 Å². The van der Waals surface area contributed by atoms with Crippen molar-refractivity contribution < 1.29 is 28.3 Å². The molecule has 0 saturated heterocycles. The standard InChI is InChI=1S/C21H21FN4O6/c1-13-19(20(27)23-10-11-30-2)24-25(14-4-7-16(31-3)8-5-14)21(13)32-18-9-6-15(26(28)29)12-17(18)22/h4-9,12H,10-11H2,1-3H3,(H,23,27). The number of nitro benzene ring substituents is 1. The summed E-state index contributed by atoms with van der Waals surface area (Å²) in [5, 5.41) is 17.9. The number of rotatable bonds is 9. The van der Waals surface area contributed by atoms with Gasteiger partial charge in [0, 0.05) is 25.3 Å². The molecule has 1 aromatic heterocycles. The molecular weight excluding hydrogens is 423 g/mol. The Labute approximate surface area is 182 Å². The summed E-state index contributed by atoms with van der Waals surface area (Å²) in [5.41, 5.74) is 0.554. The number of ether oxygens (including phenoxy) is 3. The van der Waals surface area contributed by atoms with Crippen molar-refractivity contribution in [2.24, 2.45) is 0 Å². The van der Waals surface area contributed by atoms with Gasteiger partial charge in [0.25, 0.3) is 11.6 Å². The zero-order valence-electron chi connectivity index (χ0n) is 17.6. The second-order valence-corrected chi connectivity index (χ2v) is 6.61. The molecular formula is C21H21FN4O6. The van der Waals surface area contributed by atoms with E-state index in [1.807, 2.05) is 0 Å². The number of carbonyl (C=O) groups is 1. The molecule has 1 amide bonds. The Kier molecular flexibility index (Phi) is 7.00. The number of methoxy groups -OCH3 is 2. The number of nitrogens with zero attached hydrogens (tertiary/aromatic N) is 3. The average molecular weight is 444 g/mol. The molecule has 168 valence electrons. The average Bonchev–Trinajstić information content (AvgIpc) is 3.11. The minimum absolute atomic E-state index is 0.0780. The van der Waals surface area contributed by atoms with Crippen LogP contribution in [0.2, 0.25) is 0 Å². The van der Waals surface area contributed by atoms with Crippen molar-refractivity contribution in [1.82, 2.24) is 15.1 Å². The van der Waals surface area contributed by atoms with Crippen LogP contribution < -0.4 is 14.8 Å². The normalized spacial score (nSPS) is 10.6. The Bertz CT molecular complexity index is 1130. The predicted molar refractivity (Wildman–Crippen MR) is 112 cm³/mol. The molecule has 0 aliphatic heterocycles. The van der Waals surface area contributed by atoms with Gasteiger partial charge in [0.15, 0.2) is 17.3 Å². The highest BCUT2D eigenvalue weighted by Crippen LogP contribution is 2.33. The van der Waals surface area contributed by atoms with Gasteiger partial charge in [-0.2, -0.15) is 9.78 Å². The predicted octanol–water partition coefficient (Wildman–Crippen LogP) is 3.41. The van der Waals surface area contributed by atoms with Crippen LogP contribution in [-0.2, 0) is 4.74 Å². The first-order chi connectivity index (χ1) is 15.3. The molecule has 32 heavy (non-hydrogen) atoms. The van der Waals surface area contributed by atoms with E-state index in [0.29, 0.717) is 23.6 Å². The van der Waals surface area contributed by atoms with E-state index in [1.54, 1.807) is 31.2 Å². The van der Waals surface area contributed by atoms with Crippen LogP contribution in [0.4, 0.5) is 10.1 Å². The monoisotopic (exact) mass is 444 g/mol. The van der Waals surface area contributed by atoms with Gasteiger partial charge < -0.3 is 19.5 Å². The summed E-state index contributed by atoms with van der Waals surface area (Å²) in [6.07, 6.45) is 0. The van der Waals surface area contributed by atoms with Crippen LogP contribution in [0.5, 0.6) is 17.4 Å². The van der Waals surface area contributed by atoms with Crippen molar-refractivity contribution in [3.8, 4) is 23.1 Å². The fourth-order valence-corrected chi connectivity index (χ4v) is 2.86. The molecule has 11 heteroatoms. The molecule has 0 atom stereocenters. The fraction of sp³-hybridized carbons (Fsp3) is 0.238. The van der Waals surface area contributed by atoms with Gasteiger partial charge in [-0.3, -0.25) is 14.9 Å². The largest absolute Gasteiger partial charge is 0.497 e. The first-order valence-corrected chi connectivity index (χ1v) is 9.48. The van der Waals surface area contributed by atoms with Gasteiger partial charge in [0.2, 0.25) is 5.88 Å². The molecule has 0 aliphatic rings. The zero-order chi connectivity index (χ0) is 23.3. The Morgan fingerprint density at radius 2 is 1.94 bits per heavy atom. The maximum Gasteiger partial charge on any atom is 0.272 e. The molecule has 0 spiro atoms. The van der Waals surface area contributed by atoms with Gasteiger partial charge in [-0.15, -0.1) is 0 Å².